The van der Waals surface area contributed by atoms with E-state index < -0.39 is 0 Å². The minimum atomic E-state index is -0.155. The highest BCUT2D eigenvalue weighted by Gasteiger charge is 2.12. The maximum atomic E-state index is 12.0. The third-order valence-corrected chi connectivity index (χ3v) is 3.51. The lowest BCUT2D eigenvalue weighted by Crippen LogP contribution is -2.25. The predicted molar refractivity (Wildman–Crippen MR) is 84.3 cm³/mol. The average molecular weight is 314 g/mol. The number of nitrogens with zero attached hydrogens (tertiary/aromatic N) is 1. The normalized spacial score (nSPS) is 12.6. The highest BCUT2D eigenvalue weighted by Crippen LogP contribution is 2.30. The molecule has 23 heavy (non-hydrogen) atoms. The van der Waals surface area contributed by atoms with Crippen molar-refractivity contribution in [2.75, 3.05) is 26.9 Å². The lowest BCUT2D eigenvalue weighted by molar-refractivity contribution is 0.0953. The van der Waals surface area contributed by atoms with Crippen LogP contribution in [-0.2, 0) is 6.42 Å². The molecule has 2 aromatic rings. The molecule has 1 aromatic carbocycles. The molecular weight excluding hydrogens is 296 g/mol. The van der Waals surface area contributed by atoms with Crippen LogP contribution < -0.4 is 19.5 Å². The van der Waals surface area contributed by atoms with Crippen molar-refractivity contribution >= 4 is 5.91 Å². The maximum Gasteiger partial charge on any atom is 0.252 e. The van der Waals surface area contributed by atoms with E-state index in [0.29, 0.717) is 37.6 Å². The van der Waals surface area contributed by atoms with Gasteiger partial charge in [0.2, 0.25) is 5.88 Å². The molecule has 2 heterocycles. The second-order valence-electron chi connectivity index (χ2n) is 5.07. The van der Waals surface area contributed by atoms with Crippen molar-refractivity contribution in [3.05, 3.63) is 47.7 Å². The standard InChI is InChI=1S/C17H18N2O4/c1-21-16-5-3-13(11-19-16)17(20)18-7-6-12-2-4-14-15(10-12)23-9-8-22-14/h2-5,10-11H,6-9H2,1H3,(H,18,20). The summed E-state index contributed by atoms with van der Waals surface area (Å²) in [5.74, 6) is 1.86. The van der Waals surface area contributed by atoms with E-state index in [9.17, 15) is 4.79 Å². The Labute approximate surface area is 134 Å². The molecule has 0 saturated heterocycles. The van der Waals surface area contributed by atoms with Gasteiger partial charge in [-0.15, -0.1) is 0 Å². The van der Waals surface area contributed by atoms with E-state index in [1.165, 1.54) is 13.3 Å². The van der Waals surface area contributed by atoms with Crippen LogP contribution in [0, 0.1) is 0 Å². The molecule has 0 aliphatic carbocycles. The van der Waals surface area contributed by atoms with Gasteiger partial charge in [0.15, 0.2) is 11.5 Å². The quantitative estimate of drug-likeness (QED) is 0.912. The molecule has 0 radical (unpaired) electrons. The number of hydrogen-bond acceptors (Lipinski definition) is 5. The molecule has 0 bridgehead atoms. The molecule has 3 rings (SSSR count). The number of amides is 1. The number of benzene rings is 1. The number of nitrogens with one attached hydrogen (secondary N) is 1. The summed E-state index contributed by atoms with van der Waals surface area (Å²) in [4.78, 5) is 16.0. The molecule has 1 aliphatic rings. The van der Waals surface area contributed by atoms with Crippen LogP contribution in [-0.4, -0.2) is 37.8 Å². The van der Waals surface area contributed by atoms with Gasteiger partial charge in [-0.2, -0.15) is 0 Å². The first-order chi connectivity index (χ1) is 11.3. The Kier molecular flexibility index (Phi) is 4.61. The summed E-state index contributed by atoms with van der Waals surface area (Å²) >= 11 is 0. The van der Waals surface area contributed by atoms with Gasteiger partial charge in [0.25, 0.3) is 5.91 Å². The highest BCUT2D eigenvalue weighted by atomic mass is 16.6. The fourth-order valence-electron chi connectivity index (χ4n) is 2.30. The number of pyridine rings is 1. The number of hydrogen-bond donors (Lipinski definition) is 1. The van der Waals surface area contributed by atoms with E-state index in [1.54, 1.807) is 12.1 Å². The van der Waals surface area contributed by atoms with E-state index in [-0.39, 0.29) is 5.91 Å². The minimum absolute atomic E-state index is 0.155. The van der Waals surface area contributed by atoms with Gasteiger partial charge < -0.3 is 19.5 Å². The topological polar surface area (TPSA) is 69.7 Å². The van der Waals surface area contributed by atoms with Gasteiger partial charge in [-0.25, -0.2) is 4.98 Å². The number of rotatable bonds is 5. The van der Waals surface area contributed by atoms with Crippen LogP contribution in [0.5, 0.6) is 17.4 Å². The van der Waals surface area contributed by atoms with E-state index in [0.717, 1.165) is 17.1 Å². The van der Waals surface area contributed by atoms with E-state index in [1.807, 2.05) is 18.2 Å². The molecule has 6 nitrogen and oxygen atoms in total. The molecule has 1 amide bonds. The first-order valence-electron chi connectivity index (χ1n) is 7.43. The monoisotopic (exact) mass is 314 g/mol. The zero-order valence-electron chi connectivity index (χ0n) is 12.9. The van der Waals surface area contributed by atoms with Gasteiger partial charge in [-0.05, 0) is 30.2 Å². The fourth-order valence-corrected chi connectivity index (χ4v) is 2.30. The Hall–Kier alpha value is -2.76. The zero-order valence-corrected chi connectivity index (χ0v) is 12.9. The minimum Gasteiger partial charge on any atom is -0.486 e. The molecule has 6 heteroatoms. The zero-order chi connectivity index (χ0) is 16.1. The molecule has 120 valence electrons. The van der Waals surface area contributed by atoms with Gasteiger partial charge in [0, 0.05) is 18.8 Å². The fraction of sp³-hybridized carbons (Fsp3) is 0.294. The molecule has 0 fully saturated rings. The summed E-state index contributed by atoms with van der Waals surface area (Å²) in [6.07, 6.45) is 2.21. The van der Waals surface area contributed by atoms with Gasteiger partial charge in [-0.3, -0.25) is 4.79 Å². The van der Waals surface area contributed by atoms with Crippen molar-refractivity contribution in [3.63, 3.8) is 0 Å². The average Bonchev–Trinajstić information content (AvgIpc) is 2.61. The number of aromatic nitrogens is 1. The highest BCUT2D eigenvalue weighted by molar-refractivity contribution is 5.93. The van der Waals surface area contributed by atoms with Gasteiger partial charge in [-0.1, -0.05) is 6.07 Å². The third-order valence-electron chi connectivity index (χ3n) is 3.51. The summed E-state index contributed by atoms with van der Waals surface area (Å²) in [5.41, 5.74) is 1.59. The largest absolute Gasteiger partial charge is 0.486 e. The SMILES string of the molecule is COc1ccc(C(=O)NCCc2ccc3c(c2)OCCO3)cn1. The Morgan fingerprint density at radius 1 is 1.22 bits per heavy atom. The predicted octanol–water partition coefficient (Wildman–Crippen LogP) is 1.83. The van der Waals surface area contributed by atoms with E-state index in [4.69, 9.17) is 14.2 Å². The van der Waals surface area contributed by atoms with Crippen LogP contribution in [0.25, 0.3) is 0 Å². The van der Waals surface area contributed by atoms with Crippen molar-refractivity contribution in [1.29, 1.82) is 0 Å². The Balaban J connectivity index is 1.53. The summed E-state index contributed by atoms with van der Waals surface area (Å²) < 4.78 is 16.0. The van der Waals surface area contributed by atoms with Crippen LogP contribution in [0.3, 0.4) is 0 Å². The molecule has 0 atom stereocenters. The van der Waals surface area contributed by atoms with Gasteiger partial charge in [0.1, 0.15) is 13.2 Å². The molecule has 1 aromatic heterocycles. The van der Waals surface area contributed by atoms with Crippen LogP contribution in [0.1, 0.15) is 15.9 Å². The number of ether oxygens (including phenoxy) is 3. The summed E-state index contributed by atoms with van der Waals surface area (Å²) in [5, 5.41) is 2.87. The van der Waals surface area contributed by atoms with Gasteiger partial charge in [0.05, 0.1) is 12.7 Å². The van der Waals surface area contributed by atoms with Gasteiger partial charge >= 0.3 is 0 Å². The lowest BCUT2D eigenvalue weighted by atomic mass is 10.1. The smallest absolute Gasteiger partial charge is 0.252 e. The summed E-state index contributed by atoms with van der Waals surface area (Å²) in [6.45, 7) is 1.68. The van der Waals surface area contributed by atoms with Crippen molar-refractivity contribution in [2.45, 2.75) is 6.42 Å². The van der Waals surface area contributed by atoms with E-state index >= 15 is 0 Å². The molecular formula is C17H18N2O4. The Morgan fingerprint density at radius 3 is 2.78 bits per heavy atom. The maximum absolute atomic E-state index is 12.0. The first-order valence-corrected chi connectivity index (χ1v) is 7.43. The molecule has 0 spiro atoms. The van der Waals surface area contributed by atoms with Crippen LogP contribution >= 0.6 is 0 Å². The number of carbonyl (C=O) groups excluding carboxylic acids is 1. The molecule has 1 aliphatic heterocycles. The van der Waals surface area contributed by atoms with Crippen molar-refractivity contribution in [2.24, 2.45) is 0 Å². The van der Waals surface area contributed by atoms with Crippen molar-refractivity contribution in [3.8, 4) is 17.4 Å². The Morgan fingerprint density at radius 2 is 2.04 bits per heavy atom. The van der Waals surface area contributed by atoms with Crippen LogP contribution in [0.4, 0.5) is 0 Å². The first kappa shape index (κ1) is 15.1. The number of fused-ring (bicyclic) bond motifs is 1. The second-order valence-corrected chi connectivity index (χ2v) is 5.07. The third kappa shape index (κ3) is 3.71. The number of carbonyl (C=O) groups is 1. The van der Waals surface area contributed by atoms with E-state index in [2.05, 4.69) is 10.3 Å². The second kappa shape index (κ2) is 7.00. The number of methoxy groups -OCH3 is 1. The van der Waals surface area contributed by atoms with Crippen molar-refractivity contribution < 1.29 is 19.0 Å². The lowest BCUT2D eigenvalue weighted by Gasteiger charge is -2.18. The molecule has 0 unspecified atom stereocenters. The van der Waals surface area contributed by atoms with Crippen molar-refractivity contribution in [1.82, 2.24) is 10.3 Å². The molecule has 1 N–H and O–H groups in total. The van der Waals surface area contributed by atoms with Crippen LogP contribution in [0.2, 0.25) is 0 Å². The summed E-state index contributed by atoms with van der Waals surface area (Å²) in [7, 11) is 1.54. The van der Waals surface area contributed by atoms with Crippen LogP contribution in [0.15, 0.2) is 36.5 Å². The molecule has 0 saturated carbocycles. The summed E-state index contributed by atoms with van der Waals surface area (Å²) in [6, 6.07) is 9.18. The Bertz CT molecular complexity index is 685.